The van der Waals surface area contributed by atoms with Crippen molar-refractivity contribution in [3.63, 3.8) is 0 Å². The number of β-amino-alcohol motifs (C(OH)–C–C–N with tert-alkyl or cyclic N) is 1. The van der Waals surface area contributed by atoms with E-state index in [1.54, 1.807) is 11.3 Å². The number of aliphatic hydroxyl groups excluding tert-OH is 1. The highest BCUT2D eigenvalue weighted by molar-refractivity contribution is 7.13. The molecule has 4 atom stereocenters. The van der Waals surface area contributed by atoms with Crippen molar-refractivity contribution in [2.45, 2.75) is 104 Å². The van der Waals surface area contributed by atoms with Gasteiger partial charge in [0.25, 0.3) is 0 Å². The minimum atomic E-state index is -0.738. The molecule has 54 heavy (non-hydrogen) atoms. The van der Waals surface area contributed by atoms with Crippen LogP contribution in [0.15, 0.2) is 48.0 Å². The number of nitrogens with two attached hydrogens (primary N) is 2. The predicted molar refractivity (Wildman–Crippen MR) is 209 cm³/mol. The molecule has 3 aromatic rings. The second kappa shape index (κ2) is 20.4. The number of likely N-dealkylation sites (tertiary alicyclic amines) is 1. The van der Waals surface area contributed by atoms with E-state index in [-0.39, 0.29) is 43.2 Å². The molecule has 0 spiro atoms. The molecule has 13 heteroatoms. The first-order valence-corrected chi connectivity index (χ1v) is 19.3. The Balaban J connectivity index is 1.25. The molecule has 1 aliphatic heterocycles. The van der Waals surface area contributed by atoms with Crippen molar-refractivity contribution < 1.29 is 33.7 Å². The molecule has 12 nitrogen and oxygen atoms in total. The van der Waals surface area contributed by atoms with Crippen LogP contribution in [0.4, 0.5) is 0 Å². The summed E-state index contributed by atoms with van der Waals surface area (Å²) in [6.07, 6.45) is 6.92. The van der Waals surface area contributed by atoms with Gasteiger partial charge in [-0.15, -0.1) is 17.8 Å². The molecule has 0 saturated carbocycles. The van der Waals surface area contributed by atoms with E-state index in [0.29, 0.717) is 45.0 Å². The lowest BCUT2D eigenvalue weighted by Gasteiger charge is -2.27. The number of nitrogens with one attached hydrogen (secondary N) is 1. The van der Waals surface area contributed by atoms with Crippen LogP contribution in [0.2, 0.25) is 0 Å². The van der Waals surface area contributed by atoms with E-state index in [0.717, 1.165) is 40.1 Å². The molecule has 3 amide bonds. The van der Waals surface area contributed by atoms with Crippen LogP contribution in [-0.4, -0.2) is 83.4 Å². The number of nitrogens with zero attached hydrogens (tertiary/aromatic N) is 2. The quantitative estimate of drug-likeness (QED) is 0.0967. The first kappa shape index (κ1) is 42.4. The third-order valence-electron chi connectivity index (χ3n) is 9.08. The Labute approximate surface area is 322 Å². The van der Waals surface area contributed by atoms with Gasteiger partial charge in [-0.3, -0.25) is 14.4 Å². The number of ether oxygens (including phenoxy) is 3. The summed E-state index contributed by atoms with van der Waals surface area (Å²) in [5.74, 6) is 2.32. The summed E-state index contributed by atoms with van der Waals surface area (Å²) in [7, 11) is 0. The van der Waals surface area contributed by atoms with Gasteiger partial charge in [0.2, 0.25) is 17.7 Å². The molecule has 0 radical (unpaired) electrons. The van der Waals surface area contributed by atoms with E-state index in [9.17, 15) is 19.5 Å². The number of rotatable bonds is 20. The van der Waals surface area contributed by atoms with E-state index in [4.69, 9.17) is 32.1 Å². The first-order valence-electron chi connectivity index (χ1n) is 18.4. The number of primary amides is 1. The Bertz CT molecular complexity index is 1730. The van der Waals surface area contributed by atoms with E-state index in [1.807, 2.05) is 75.7 Å². The molecule has 1 aliphatic rings. The first-order chi connectivity index (χ1) is 25.7. The summed E-state index contributed by atoms with van der Waals surface area (Å²) >= 11 is 1.55. The topological polar surface area (TPSA) is 179 Å². The van der Waals surface area contributed by atoms with Crippen molar-refractivity contribution in [2.75, 3.05) is 26.4 Å². The highest BCUT2D eigenvalue weighted by Crippen LogP contribution is 2.32. The van der Waals surface area contributed by atoms with Crippen molar-refractivity contribution in [1.82, 2.24) is 15.2 Å². The number of hydrogen-bond acceptors (Lipinski definition) is 10. The summed E-state index contributed by atoms with van der Waals surface area (Å²) in [5.41, 5.74) is 17.7. The molecular formula is C41H55N5O7S. The second-order valence-corrected chi connectivity index (χ2v) is 15.8. The Morgan fingerprint density at radius 2 is 1.87 bits per heavy atom. The lowest BCUT2D eigenvalue weighted by atomic mass is 9.91. The fourth-order valence-electron chi connectivity index (χ4n) is 6.18. The van der Waals surface area contributed by atoms with E-state index < -0.39 is 30.2 Å². The molecule has 0 unspecified atom stereocenters. The van der Waals surface area contributed by atoms with Gasteiger partial charge in [0.1, 0.15) is 24.5 Å². The number of aliphatic hydroxyl groups is 1. The predicted octanol–water partition coefficient (Wildman–Crippen LogP) is 4.27. The average Bonchev–Trinajstić information content (AvgIpc) is 3.74. The van der Waals surface area contributed by atoms with Gasteiger partial charge in [-0.1, -0.05) is 63.1 Å². The molecule has 2 aromatic carbocycles. The molecule has 6 N–H and O–H groups in total. The fraction of sp³-hybridized carbons (Fsp3) is 0.512. The zero-order valence-corrected chi connectivity index (χ0v) is 32.7. The molecule has 1 saturated heterocycles. The van der Waals surface area contributed by atoms with Crippen LogP contribution in [0.3, 0.4) is 0 Å². The minimum absolute atomic E-state index is 0.136. The van der Waals surface area contributed by atoms with E-state index in [1.165, 1.54) is 10.5 Å². The van der Waals surface area contributed by atoms with E-state index in [2.05, 4.69) is 16.2 Å². The molecule has 2 heterocycles. The van der Waals surface area contributed by atoms with Crippen LogP contribution in [0.25, 0.3) is 10.4 Å². The number of terminal acetylenes is 1. The molecule has 1 aromatic heterocycles. The molecule has 4 rings (SSSR count). The maximum atomic E-state index is 13.3. The average molecular weight is 762 g/mol. The van der Waals surface area contributed by atoms with Crippen LogP contribution < -0.4 is 21.5 Å². The van der Waals surface area contributed by atoms with Crippen molar-refractivity contribution >= 4 is 29.1 Å². The number of carbonyl (C=O) groups is 3. The number of carbonyl (C=O) groups excluding carboxylic acids is 3. The number of thiazole rings is 1. The lowest BCUT2D eigenvalue weighted by molar-refractivity contribution is -0.140. The molecular weight excluding hydrogens is 707 g/mol. The van der Waals surface area contributed by atoms with Gasteiger partial charge in [-0.25, -0.2) is 4.98 Å². The standard InChI is InChI=1S/C41H55N5O7S/c1-6-35(33(42)15-16-37(43)48)53-25-29-11-9-28(10-12-29)8-7-17-51-18-19-52-36-20-30(39-27(2)45-26-54-39)13-14-31(36)23-44-40(50)34-21-32(47)24-46(34)38(49)22-41(3,4)5/h1,9-14,20,26,32-35,47H,7-8,15-19,21-25,42H2,2-5H3,(H2,43,48)(H,44,50)/t32-,33+,34+,35-/m1/s1. The normalized spacial score (nSPS) is 16.8. The Morgan fingerprint density at radius 1 is 1.13 bits per heavy atom. The largest absolute Gasteiger partial charge is 0.491 e. The summed E-state index contributed by atoms with van der Waals surface area (Å²) in [5, 5.41) is 13.3. The van der Waals surface area contributed by atoms with Gasteiger partial charge < -0.3 is 41.0 Å². The second-order valence-electron chi connectivity index (χ2n) is 14.9. The van der Waals surface area contributed by atoms with Crippen LogP contribution >= 0.6 is 11.3 Å². The monoisotopic (exact) mass is 761 g/mol. The zero-order valence-electron chi connectivity index (χ0n) is 31.8. The van der Waals surface area contributed by atoms with Gasteiger partial charge >= 0.3 is 0 Å². The Hall–Kier alpha value is -4.32. The number of aromatic nitrogens is 1. The highest BCUT2D eigenvalue weighted by atomic mass is 32.1. The minimum Gasteiger partial charge on any atom is -0.491 e. The number of aryl methyl sites for hydroxylation is 2. The number of hydrogen-bond donors (Lipinski definition) is 4. The van der Waals surface area contributed by atoms with Gasteiger partial charge in [0.15, 0.2) is 0 Å². The maximum absolute atomic E-state index is 13.3. The van der Waals surface area contributed by atoms with Crippen molar-refractivity contribution in [2.24, 2.45) is 16.9 Å². The molecule has 1 fully saturated rings. The summed E-state index contributed by atoms with van der Waals surface area (Å²) in [4.78, 5) is 44.3. The van der Waals surface area contributed by atoms with Crippen LogP contribution in [0.1, 0.15) is 75.3 Å². The molecule has 292 valence electrons. The summed E-state index contributed by atoms with van der Waals surface area (Å²) in [6, 6.07) is 12.8. The summed E-state index contributed by atoms with van der Waals surface area (Å²) < 4.78 is 17.9. The van der Waals surface area contributed by atoms with Gasteiger partial charge in [-0.2, -0.15) is 0 Å². The van der Waals surface area contributed by atoms with Gasteiger partial charge in [-0.05, 0) is 54.4 Å². The smallest absolute Gasteiger partial charge is 0.243 e. The van der Waals surface area contributed by atoms with Crippen molar-refractivity contribution in [1.29, 1.82) is 0 Å². The number of amides is 3. The van der Waals surface area contributed by atoms with Crippen LogP contribution in [0.5, 0.6) is 5.75 Å². The third-order valence-corrected chi connectivity index (χ3v) is 10.1. The molecule has 0 bridgehead atoms. The summed E-state index contributed by atoms with van der Waals surface area (Å²) in [6.45, 7) is 9.81. The van der Waals surface area contributed by atoms with Gasteiger partial charge in [0, 0.05) is 50.6 Å². The zero-order chi connectivity index (χ0) is 39.3. The van der Waals surface area contributed by atoms with Gasteiger partial charge in [0.05, 0.1) is 35.4 Å². The van der Waals surface area contributed by atoms with Crippen molar-refractivity contribution in [3.8, 4) is 28.5 Å². The van der Waals surface area contributed by atoms with Crippen LogP contribution in [0, 0.1) is 24.7 Å². The molecule has 0 aliphatic carbocycles. The fourth-order valence-corrected chi connectivity index (χ4v) is 6.99. The Kier molecular flexibility index (Phi) is 16.0. The lowest BCUT2D eigenvalue weighted by Crippen LogP contribution is -2.46. The van der Waals surface area contributed by atoms with Crippen LogP contribution in [-0.2, 0) is 43.4 Å². The highest BCUT2D eigenvalue weighted by Gasteiger charge is 2.39. The van der Waals surface area contributed by atoms with Crippen molar-refractivity contribution in [3.05, 3.63) is 70.4 Å². The maximum Gasteiger partial charge on any atom is 0.243 e. The number of benzene rings is 2. The third kappa shape index (κ3) is 13.2. The van der Waals surface area contributed by atoms with E-state index >= 15 is 0 Å². The Morgan fingerprint density at radius 3 is 2.54 bits per heavy atom. The SMILES string of the molecule is C#C[C@@H](OCc1ccc(CCCOCCOc2cc(-c3scnc3C)ccc2CNC(=O)[C@@H]2C[C@@H](O)CN2C(=O)CC(C)(C)C)cc1)[C@@H](N)CCC(N)=O.